The van der Waals surface area contributed by atoms with E-state index in [-0.39, 0.29) is 24.6 Å². The van der Waals surface area contributed by atoms with E-state index in [1.165, 1.54) is 11.3 Å². The number of aromatic nitrogens is 4. The molecule has 1 amide bonds. The van der Waals surface area contributed by atoms with Crippen molar-refractivity contribution in [2.45, 2.75) is 53.1 Å². The smallest absolute Gasteiger partial charge is 0.285 e. The highest BCUT2D eigenvalue weighted by Crippen LogP contribution is 2.23. The van der Waals surface area contributed by atoms with Gasteiger partial charge in [0.15, 0.2) is 0 Å². The zero-order chi connectivity index (χ0) is 22.4. The first-order valence-electron chi connectivity index (χ1n) is 10.2. The summed E-state index contributed by atoms with van der Waals surface area (Å²) < 4.78 is 6.79. The lowest BCUT2D eigenvalue weighted by molar-refractivity contribution is -0.133. The third-order valence-corrected chi connectivity index (χ3v) is 5.65. The van der Waals surface area contributed by atoms with Crippen LogP contribution in [0.5, 0.6) is 0 Å². The average molecular weight is 441 g/mol. The summed E-state index contributed by atoms with van der Waals surface area (Å²) in [6.45, 7) is 6.08. The van der Waals surface area contributed by atoms with Crippen LogP contribution in [-0.2, 0) is 30.7 Å². The number of aryl methyl sites for hydroxylation is 1. The van der Waals surface area contributed by atoms with Gasteiger partial charge in [-0.05, 0) is 36.3 Å². The Hall–Kier alpha value is -3.32. The molecule has 0 atom stereocenters. The van der Waals surface area contributed by atoms with E-state index in [0.29, 0.717) is 42.4 Å². The van der Waals surface area contributed by atoms with Crippen molar-refractivity contribution in [3.05, 3.63) is 50.6 Å². The molecule has 0 bridgehead atoms. The Morgan fingerprint density at radius 3 is 2.71 bits per heavy atom. The summed E-state index contributed by atoms with van der Waals surface area (Å²) in [5, 5.41) is 23.8. The van der Waals surface area contributed by atoms with Gasteiger partial charge in [-0.3, -0.25) is 9.59 Å². The zero-order valence-electron chi connectivity index (χ0n) is 17.8. The van der Waals surface area contributed by atoms with Gasteiger partial charge in [0.05, 0.1) is 17.1 Å². The molecule has 0 aromatic carbocycles. The lowest BCUT2D eigenvalue weighted by atomic mass is 10.0. The van der Waals surface area contributed by atoms with Crippen molar-refractivity contribution in [1.29, 1.82) is 5.26 Å². The minimum absolute atomic E-state index is 0.0571. The molecule has 3 aromatic heterocycles. The lowest BCUT2D eigenvalue weighted by Crippen LogP contribution is -2.39. The summed E-state index contributed by atoms with van der Waals surface area (Å²) in [5.74, 6) is 0.425. The summed E-state index contributed by atoms with van der Waals surface area (Å²) in [6, 6.07) is 5.76. The summed E-state index contributed by atoms with van der Waals surface area (Å²) >= 11 is 1.49. The minimum atomic E-state index is -0.542. The second kappa shape index (κ2) is 10.1. The molecule has 10 heteroatoms. The number of thiophene rings is 1. The molecule has 0 N–H and O–H groups in total. The molecule has 0 spiro atoms. The molecule has 0 aliphatic rings. The van der Waals surface area contributed by atoms with E-state index in [2.05, 4.69) is 15.3 Å². The molecular weight excluding hydrogens is 416 g/mol. The van der Waals surface area contributed by atoms with Crippen molar-refractivity contribution in [2.75, 3.05) is 6.54 Å². The topological polar surface area (TPSA) is 118 Å². The van der Waals surface area contributed by atoms with Crippen LogP contribution in [0.2, 0.25) is 0 Å². The fourth-order valence-corrected chi connectivity index (χ4v) is 3.96. The van der Waals surface area contributed by atoms with E-state index >= 15 is 0 Å². The van der Waals surface area contributed by atoms with Crippen LogP contribution < -0.4 is 5.56 Å². The fraction of sp³-hybridized carbons (Fsp3) is 0.429. The molecular formula is C21H24N6O3S. The van der Waals surface area contributed by atoms with Crippen LogP contribution in [0.15, 0.2) is 26.7 Å². The number of nitrogens with zero attached hydrogens (tertiary/aromatic N) is 6. The normalized spacial score (nSPS) is 10.8. The molecule has 31 heavy (non-hydrogen) atoms. The number of hydrogen-bond donors (Lipinski definition) is 0. The molecule has 9 nitrogen and oxygen atoms in total. The SMILES string of the molecule is CCCN(Cc1nnc(-c2cccs2)o1)C(=O)Cn1nc(CC)c(CC)c(C#N)c1=O. The highest BCUT2D eigenvalue weighted by molar-refractivity contribution is 7.13. The number of rotatable bonds is 9. The van der Waals surface area contributed by atoms with Crippen molar-refractivity contribution >= 4 is 17.2 Å². The van der Waals surface area contributed by atoms with Crippen LogP contribution in [-0.4, -0.2) is 37.3 Å². The first kappa shape index (κ1) is 22.4. The van der Waals surface area contributed by atoms with Crippen LogP contribution in [0.25, 0.3) is 10.8 Å². The third kappa shape index (κ3) is 4.88. The minimum Gasteiger partial charge on any atom is -0.418 e. The number of amides is 1. The molecule has 0 unspecified atom stereocenters. The zero-order valence-corrected chi connectivity index (χ0v) is 18.6. The molecule has 0 saturated heterocycles. The van der Waals surface area contributed by atoms with Gasteiger partial charge in [0.2, 0.25) is 11.8 Å². The molecule has 0 saturated carbocycles. The van der Waals surface area contributed by atoms with Gasteiger partial charge in [0.1, 0.15) is 18.2 Å². The summed E-state index contributed by atoms with van der Waals surface area (Å²) in [4.78, 5) is 28.1. The van der Waals surface area contributed by atoms with Crippen molar-refractivity contribution in [3.8, 4) is 16.8 Å². The Morgan fingerprint density at radius 2 is 2.10 bits per heavy atom. The van der Waals surface area contributed by atoms with Crippen LogP contribution >= 0.6 is 11.3 Å². The fourth-order valence-electron chi connectivity index (χ4n) is 3.31. The maximum Gasteiger partial charge on any atom is 0.285 e. The molecule has 0 aliphatic carbocycles. The van der Waals surface area contributed by atoms with E-state index in [0.717, 1.165) is 16.0 Å². The summed E-state index contributed by atoms with van der Waals surface area (Å²) in [5.41, 5.74) is 0.822. The molecule has 3 heterocycles. The Bertz CT molecular complexity index is 1140. The second-order valence-corrected chi connectivity index (χ2v) is 7.82. The van der Waals surface area contributed by atoms with Gasteiger partial charge in [0, 0.05) is 6.54 Å². The van der Waals surface area contributed by atoms with Crippen LogP contribution in [0.3, 0.4) is 0 Å². The maximum absolute atomic E-state index is 13.0. The van der Waals surface area contributed by atoms with E-state index in [1.54, 1.807) is 4.90 Å². The Kier molecular flexibility index (Phi) is 7.31. The average Bonchev–Trinajstić information content (AvgIpc) is 3.46. The van der Waals surface area contributed by atoms with Crippen LogP contribution in [0, 0.1) is 11.3 Å². The molecule has 0 aliphatic heterocycles. The van der Waals surface area contributed by atoms with Gasteiger partial charge in [-0.15, -0.1) is 21.5 Å². The van der Waals surface area contributed by atoms with Crippen LogP contribution in [0.1, 0.15) is 49.9 Å². The summed E-state index contributed by atoms with van der Waals surface area (Å²) in [7, 11) is 0. The van der Waals surface area contributed by atoms with Gasteiger partial charge >= 0.3 is 0 Å². The third-order valence-electron chi connectivity index (χ3n) is 4.80. The van der Waals surface area contributed by atoms with Crippen LogP contribution in [0.4, 0.5) is 0 Å². The lowest BCUT2D eigenvalue weighted by Gasteiger charge is -2.21. The number of carbonyl (C=O) groups excluding carboxylic acids is 1. The Labute approximate surface area is 183 Å². The second-order valence-electron chi connectivity index (χ2n) is 6.88. The molecule has 0 fully saturated rings. The highest BCUT2D eigenvalue weighted by atomic mass is 32.1. The Morgan fingerprint density at radius 1 is 1.29 bits per heavy atom. The summed E-state index contributed by atoms with van der Waals surface area (Å²) in [6.07, 6.45) is 1.83. The first-order valence-corrected chi connectivity index (χ1v) is 11.1. The quantitative estimate of drug-likeness (QED) is 0.502. The van der Waals surface area contributed by atoms with Gasteiger partial charge in [-0.25, -0.2) is 4.68 Å². The van der Waals surface area contributed by atoms with Crippen molar-refractivity contribution in [3.63, 3.8) is 0 Å². The van der Waals surface area contributed by atoms with Gasteiger partial charge in [0.25, 0.3) is 11.4 Å². The predicted octanol–water partition coefficient (Wildman–Crippen LogP) is 2.79. The number of carbonyl (C=O) groups is 1. The van der Waals surface area contributed by atoms with Crippen molar-refractivity contribution in [1.82, 2.24) is 24.9 Å². The van der Waals surface area contributed by atoms with E-state index in [4.69, 9.17) is 4.42 Å². The molecule has 3 aromatic rings. The first-order chi connectivity index (χ1) is 15.0. The molecule has 0 radical (unpaired) electrons. The van der Waals surface area contributed by atoms with Gasteiger partial charge in [-0.2, -0.15) is 10.4 Å². The largest absolute Gasteiger partial charge is 0.418 e. The standard InChI is InChI=1S/C21H24N6O3S/c1-4-9-26(12-18-23-24-20(30-18)17-8-7-10-31-17)19(28)13-27-21(29)15(11-22)14(5-2)16(6-3)25-27/h7-8,10H,4-6,9,12-13H2,1-3H3. The monoisotopic (exact) mass is 440 g/mol. The van der Waals surface area contributed by atoms with E-state index < -0.39 is 5.56 Å². The Balaban J connectivity index is 1.83. The number of nitriles is 1. The van der Waals surface area contributed by atoms with Crippen molar-refractivity contribution < 1.29 is 9.21 Å². The number of hydrogen-bond acceptors (Lipinski definition) is 8. The highest BCUT2D eigenvalue weighted by Gasteiger charge is 2.21. The maximum atomic E-state index is 13.0. The van der Waals surface area contributed by atoms with Gasteiger partial charge < -0.3 is 9.32 Å². The van der Waals surface area contributed by atoms with Gasteiger partial charge in [-0.1, -0.05) is 26.8 Å². The van der Waals surface area contributed by atoms with Crippen molar-refractivity contribution in [2.24, 2.45) is 0 Å². The van der Waals surface area contributed by atoms with E-state index in [9.17, 15) is 14.9 Å². The molecule has 162 valence electrons. The predicted molar refractivity (Wildman–Crippen MR) is 115 cm³/mol. The molecule has 3 rings (SSSR count). The van der Waals surface area contributed by atoms with E-state index in [1.807, 2.05) is 44.4 Å².